The van der Waals surface area contributed by atoms with E-state index in [1.54, 1.807) is 12.1 Å². The Morgan fingerprint density at radius 1 is 1.15 bits per heavy atom. The predicted octanol–water partition coefficient (Wildman–Crippen LogP) is 4.24. The van der Waals surface area contributed by atoms with Crippen molar-refractivity contribution in [3.05, 3.63) is 62.9 Å². The molecule has 2 N–H and O–H groups in total. The summed E-state index contributed by atoms with van der Waals surface area (Å²) in [6.45, 7) is 4.63. The first-order chi connectivity index (χ1) is 9.51. The van der Waals surface area contributed by atoms with Gasteiger partial charge < -0.3 is 10.5 Å². The fraction of sp³-hybridized carbons (Fsp3) is 0.250. The summed E-state index contributed by atoms with van der Waals surface area (Å²) in [5, 5.41) is 0. The van der Waals surface area contributed by atoms with Gasteiger partial charge in [0, 0.05) is 16.6 Å². The predicted molar refractivity (Wildman–Crippen MR) is 82.2 cm³/mol. The molecule has 0 saturated heterocycles. The van der Waals surface area contributed by atoms with Gasteiger partial charge in [0.1, 0.15) is 18.2 Å². The second kappa shape index (κ2) is 6.37. The van der Waals surface area contributed by atoms with Crippen LogP contribution in [0.2, 0.25) is 0 Å². The van der Waals surface area contributed by atoms with E-state index in [-0.39, 0.29) is 12.4 Å². The third-order valence-electron chi connectivity index (χ3n) is 3.15. The third kappa shape index (κ3) is 3.38. The molecule has 2 nitrogen and oxygen atoms in total. The van der Waals surface area contributed by atoms with Crippen LogP contribution in [0.5, 0.6) is 5.75 Å². The number of hydrogen-bond acceptors (Lipinski definition) is 2. The van der Waals surface area contributed by atoms with Gasteiger partial charge in [0.25, 0.3) is 0 Å². The second-order valence-electron chi connectivity index (χ2n) is 4.79. The first-order valence-electron chi connectivity index (χ1n) is 6.38. The number of rotatable bonds is 4. The molecule has 0 unspecified atom stereocenters. The maximum Gasteiger partial charge on any atom is 0.127 e. The van der Waals surface area contributed by atoms with Crippen LogP contribution in [-0.4, -0.2) is 0 Å². The Bertz CT molecular complexity index is 605. The quantitative estimate of drug-likeness (QED) is 0.905. The Labute approximate surface area is 126 Å². The number of hydrogen-bond donors (Lipinski definition) is 1. The smallest absolute Gasteiger partial charge is 0.127 e. The lowest BCUT2D eigenvalue weighted by Crippen LogP contribution is -2.03. The SMILES string of the molecule is Cc1cc(OCc2ccc(F)c(CN)c2)cc(C)c1Br. The first-order valence-corrected chi connectivity index (χ1v) is 7.17. The van der Waals surface area contributed by atoms with E-state index < -0.39 is 0 Å². The van der Waals surface area contributed by atoms with Crippen LogP contribution in [0.1, 0.15) is 22.3 Å². The van der Waals surface area contributed by atoms with Crippen LogP contribution in [0, 0.1) is 19.7 Å². The molecule has 0 fully saturated rings. The van der Waals surface area contributed by atoms with Crippen molar-refractivity contribution in [2.45, 2.75) is 27.0 Å². The van der Waals surface area contributed by atoms with Crippen molar-refractivity contribution in [2.75, 3.05) is 0 Å². The lowest BCUT2D eigenvalue weighted by atomic mass is 10.1. The van der Waals surface area contributed by atoms with Crippen LogP contribution in [0.4, 0.5) is 4.39 Å². The van der Waals surface area contributed by atoms with Crippen molar-refractivity contribution in [1.82, 2.24) is 0 Å². The van der Waals surface area contributed by atoms with Crippen LogP contribution in [0.25, 0.3) is 0 Å². The molecule has 0 heterocycles. The minimum Gasteiger partial charge on any atom is -0.489 e. The van der Waals surface area contributed by atoms with Crippen molar-refractivity contribution < 1.29 is 9.13 Å². The lowest BCUT2D eigenvalue weighted by molar-refractivity contribution is 0.305. The van der Waals surface area contributed by atoms with Crippen LogP contribution in [-0.2, 0) is 13.2 Å². The van der Waals surface area contributed by atoms with E-state index in [1.165, 1.54) is 6.07 Å². The summed E-state index contributed by atoms with van der Waals surface area (Å²) in [7, 11) is 0. The normalized spacial score (nSPS) is 10.7. The third-order valence-corrected chi connectivity index (χ3v) is 4.40. The summed E-state index contributed by atoms with van der Waals surface area (Å²) < 4.78 is 20.2. The van der Waals surface area contributed by atoms with Crippen molar-refractivity contribution in [3.8, 4) is 5.75 Å². The van der Waals surface area contributed by atoms with Crippen LogP contribution in [0.15, 0.2) is 34.8 Å². The topological polar surface area (TPSA) is 35.2 Å². The van der Waals surface area contributed by atoms with Gasteiger partial charge in [-0.05, 0) is 54.8 Å². The molecule has 2 rings (SSSR count). The van der Waals surface area contributed by atoms with E-state index in [0.29, 0.717) is 12.2 Å². The molecule has 0 aliphatic heterocycles. The summed E-state index contributed by atoms with van der Waals surface area (Å²) >= 11 is 3.53. The van der Waals surface area contributed by atoms with Gasteiger partial charge in [-0.2, -0.15) is 0 Å². The molecule has 106 valence electrons. The maximum atomic E-state index is 13.4. The summed E-state index contributed by atoms with van der Waals surface area (Å²) in [5.74, 6) is 0.536. The molecule has 0 aromatic heterocycles. The van der Waals surface area contributed by atoms with Crippen molar-refractivity contribution in [2.24, 2.45) is 5.73 Å². The zero-order valence-electron chi connectivity index (χ0n) is 11.5. The van der Waals surface area contributed by atoms with Gasteiger partial charge in [-0.1, -0.05) is 22.0 Å². The van der Waals surface area contributed by atoms with Gasteiger partial charge in [0.05, 0.1) is 0 Å². The second-order valence-corrected chi connectivity index (χ2v) is 5.58. The highest BCUT2D eigenvalue weighted by molar-refractivity contribution is 9.10. The highest BCUT2D eigenvalue weighted by Gasteiger charge is 2.05. The van der Waals surface area contributed by atoms with Crippen molar-refractivity contribution in [3.63, 3.8) is 0 Å². The molecule has 2 aromatic rings. The molecule has 0 radical (unpaired) electrons. The molecule has 0 amide bonds. The summed E-state index contributed by atoms with van der Waals surface area (Å²) in [5.41, 5.74) is 9.17. The van der Waals surface area contributed by atoms with Gasteiger partial charge >= 0.3 is 0 Å². The van der Waals surface area contributed by atoms with Gasteiger partial charge in [-0.25, -0.2) is 4.39 Å². The fourth-order valence-electron chi connectivity index (χ4n) is 2.03. The van der Waals surface area contributed by atoms with Crippen molar-refractivity contribution >= 4 is 15.9 Å². The molecule has 0 spiro atoms. The summed E-state index contributed by atoms with van der Waals surface area (Å²) in [6.07, 6.45) is 0. The number of ether oxygens (including phenoxy) is 1. The molecule has 0 atom stereocenters. The summed E-state index contributed by atoms with van der Waals surface area (Å²) in [6, 6.07) is 8.84. The molecule has 0 bridgehead atoms. The zero-order valence-corrected chi connectivity index (χ0v) is 13.1. The minimum atomic E-state index is -0.272. The monoisotopic (exact) mass is 337 g/mol. The van der Waals surface area contributed by atoms with E-state index >= 15 is 0 Å². The highest BCUT2D eigenvalue weighted by Crippen LogP contribution is 2.26. The molecule has 0 aliphatic rings. The van der Waals surface area contributed by atoms with E-state index in [4.69, 9.17) is 10.5 Å². The Balaban J connectivity index is 2.13. The van der Waals surface area contributed by atoms with Gasteiger partial charge in [-0.15, -0.1) is 0 Å². The fourth-order valence-corrected chi connectivity index (χ4v) is 2.26. The average Bonchev–Trinajstić information content (AvgIpc) is 2.43. The Morgan fingerprint density at radius 2 is 1.80 bits per heavy atom. The van der Waals surface area contributed by atoms with Gasteiger partial charge in [0.2, 0.25) is 0 Å². The van der Waals surface area contributed by atoms with E-state index in [2.05, 4.69) is 15.9 Å². The Kier molecular flexibility index (Phi) is 4.78. The number of aryl methyl sites for hydroxylation is 2. The molecule has 2 aromatic carbocycles. The van der Waals surface area contributed by atoms with E-state index in [9.17, 15) is 4.39 Å². The largest absolute Gasteiger partial charge is 0.489 e. The van der Waals surface area contributed by atoms with Gasteiger partial charge in [-0.3, -0.25) is 0 Å². The minimum absolute atomic E-state index is 0.191. The van der Waals surface area contributed by atoms with Crippen LogP contribution in [0.3, 0.4) is 0 Å². The molecule has 4 heteroatoms. The number of nitrogens with two attached hydrogens (primary N) is 1. The van der Waals surface area contributed by atoms with E-state index in [0.717, 1.165) is 26.9 Å². The highest BCUT2D eigenvalue weighted by atomic mass is 79.9. The molecular formula is C16H17BrFNO. The standard InChI is InChI=1S/C16H17BrFNO/c1-10-5-14(6-11(2)16(10)17)20-9-12-3-4-15(18)13(7-12)8-19/h3-7H,8-9,19H2,1-2H3. The Hall–Kier alpha value is -1.39. The van der Waals surface area contributed by atoms with Gasteiger partial charge in [0.15, 0.2) is 0 Å². The van der Waals surface area contributed by atoms with Crippen LogP contribution < -0.4 is 10.5 Å². The average molecular weight is 338 g/mol. The summed E-state index contributed by atoms with van der Waals surface area (Å²) in [4.78, 5) is 0. The molecule has 0 aliphatic carbocycles. The molecule has 0 saturated carbocycles. The lowest BCUT2D eigenvalue weighted by Gasteiger charge is -2.11. The number of benzene rings is 2. The van der Waals surface area contributed by atoms with E-state index in [1.807, 2.05) is 26.0 Å². The van der Waals surface area contributed by atoms with Crippen molar-refractivity contribution in [1.29, 1.82) is 0 Å². The zero-order chi connectivity index (χ0) is 14.7. The number of halogens is 2. The first kappa shape index (κ1) is 15.0. The maximum absolute atomic E-state index is 13.4. The Morgan fingerprint density at radius 3 is 2.40 bits per heavy atom. The van der Waals surface area contributed by atoms with Crippen LogP contribution >= 0.6 is 15.9 Å². The molecular weight excluding hydrogens is 321 g/mol. The molecule has 20 heavy (non-hydrogen) atoms.